The van der Waals surface area contributed by atoms with E-state index in [0.29, 0.717) is 56.5 Å². The van der Waals surface area contributed by atoms with Crippen LogP contribution in [-0.4, -0.2) is 43.8 Å². The van der Waals surface area contributed by atoms with Crippen molar-refractivity contribution >= 4 is 21.8 Å². The predicted molar refractivity (Wildman–Crippen MR) is 153 cm³/mol. The smallest absolute Gasteiger partial charge is 0.255 e. The maximum atomic E-state index is 13.9. The molecule has 3 aromatic carbocycles. The summed E-state index contributed by atoms with van der Waals surface area (Å²) in [5, 5.41) is 0. The van der Waals surface area contributed by atoms with Gasteiger partial charge in [-0.25, -0.2) is 0 Å². The molecule has 0 N–H and O–H groups in total. The number of carbonyl (C=O) groups excluding carboxylic acids is 1. The molecule has 0 bridgehead atoms. The molecule has 1 unspecified atom stereocenters. The van der Waals surface area contributed by atoms with Crippen molar-refractivity contribution in [1.29, 1.82) is 0 Å². The maximum Gasteiger partial charge on any atom is 0.255 e. The molecule has 4 rings (SSSR count). The largest absolute Gasteiger partial charge is 0.490 e. The van der Waals surface area contributed by atoms with E-state index in [-0.39, 0.29) is 11.9 Å². The van der Waals surface area contributed by atoms with Gasteiger partial charge in [0.05, 0.1) is 38.0 Å². The SMILES string of the molecule is CCOc1ccc(CC2c3cc(OCC)c(OCC)cc3CCN2C(=O)c2ccccc2Br)cc1OCC. The maximum absolute atomic E-state index is 13.9. The third-order valence-electron chi connectivity index (χ3n) is 6.56. The first-order valence-electron chi connectivity index (χ1n) is 13.4. The molecule has 38 heavy (non-hydrogen) atoms. The van der Waals surface area contributed by atoms with Gasteiger partial charge in [0, 0.05) is 11.0 Å². The van der Waals surface area contributed by atoms with Gasteiger partial charge in [0.2, 0.25) is 0 Å². The minimum atomic E-state index is -0.194. The topological polar surface area (TPSA) is 57.2 Å². The number of halogens is 1. The van der Waals surface area contributed by atoms with E-state index in [4.69, 9.17) is 18.9 Å². The molecule has 1 aliphatic rings. The fourth-order valence-corrected chi connectivity index (χ4v) is 5.40. The van der Waals surface area contributed by atoms with Crippen LogP contribution in [0.2, 0.25) is 0 Å². The van der Waals surface area contributed by atoms with Gasteiger partial charge >= 0.3 is 0 Å². The molecule has 0 aliphatic carbocycles. The van der Waals surface area contributed by atoms with Crippen LogP contribution in [0.15, 0.2) is 59.1 Å². The summed E-state index contributed by atoms with van der Waals surface area (Å²) in [7, 11) is 0. The van der Waals surface area contributed by atoms with Crippen molar-refractivity contribution in [2.45, 2.75) is 46.6 Å². The van der Waals surface area contributed by atoms with E-state index in [0.717, 1.165) is 33.5 Å². The molecule has 1 atom stereocenters. The van der Waals surface area contributed by atoms with Crippen molar-refractivity contribution in [2.75, 3.05) is 33.0 Å². The summed E-state index contributed by atoms with van der Waals surface area (Å²) in [5.74, 6) is 2.89. The van der Waals surface area contributed by atoms with Gasteiger partial charge in [0.1, 0.15) is 0 Å². The summed E-state index contributed by atoms with van der Waals surface area (Å²) >= 11 is 3.58. The quantitative estimate of drug-likeness (QED) is 0.243. The number of hydrogen-bond donors (Lipinski definition) is 0. The van der Waals surface area contributed by atoms with Crippen LogP contribution >= 0.6 is 15.9 Å². The fourth-order valence-electron chi connectivity index (χ4n) is 4.94. The monoisotopic (exact) mass is 581 g/mol. The van der Waals surface area contributed by atoms with E-state index < -0.39 is 0 Å². The molecule has 1 aliphatic heterocycles. The highest BCUT2D eigenvalue weighted by Crippen LogP contribution is 2.41. The highest BCUT2D eigenvalue weighted by molar-refractivity contribution is 9.10. The zero-order chi connectivity index (χ0) is 27.1. The van der Waals surface area contributed by atoms with Crippen LogP contribution in [0.3, 0.4) is 0 Å². The minimum Gasteiger partial charge on any atom is -0.490 e. The Hall–Kier alpha value is -3.19. The second-order valence-corrected chi connectivity index (χ2v) is 9.81. The average molecular weight is 583 g/mol. The number of nitrogens with zero attached hydrogens (tertiary/aromatic N) is 1. The van der Waals surface area contributed by atoms with Gasteiger partial charge < -0.3 is 23.8 Å². The Bertz CT molecular complexity index is 1260. The lowest BCUT2D eigenvalue weighted by Gasteiger charge is -2.38. The lowest BCUT2D eigenvalue weighted by atomic mass is 9.87. The van der Waals surface area contributed by atoms with Gasteiger partial charge in [0.25, 0.3) is 5.91 Å². The summed E-state index contributed by atoms with van der Waals surface area (Å²) < 4.78 is 24.3. The highest BCUT2D eigenvalue weighted by atomic mass is 79.9. The van der Waals surface area contributed by atoms with Crippen LogP contribution in [0.25, 0.3) is 0 Å². The van der Waals surface area contributed by atoms with Gasteiger partial charge in [-0.05, 0) is 110 Å². The van der Waals surface area contributed by atoms with Crippen LogP contribution < -0.4 is 18.9 Å². The fraction of sp³-hybridized carbons (Fsp3) is 0.387. The van der Waals surface area contributed by atoms with E-state index in [9.17, 15) is 4.79 Å². The molecule has 0 spiro atoms. The molecule has 7 heteroatoms. The van der Waals surface area contributed by atoms with Crippen molar-refractivity contribution in [1.82, 2.24) is 4.90 Å². The zero-order valence-electron chi connectivity index (χ0n) is 22.6. The Labute approximate surface area is 234 Å². The van der Waals surface area contributed by atoms with E-state index in [1.165, 1.54) is 5.56 Å². The van der Waals surface area contributed by atoms with Crippen LogP contribution in [0.5, 0.6) is 23.0 Å². The van der Waals surface area contributed by atoms with Crippen LogP contribution in [0.4, 0.5) is 0 Å². The van der Waals surface area contributed by atoms with Crippen molar-refractivity contribution < 1.29 is 23.7 Å². The molecule has 202 valence electrons. The van der Waals surface area contributed by atoms with Crippen LogP contribution in [-0.2, 0) is 12.8 Å². The molecular formula is C31H36BrNO5. The number of rotatable bonds is 11. The summed E-state index contributed by atoms with van der Waals surface area (Å²) in [4.78, 5) is 15.9. The Balaban J connectivity index is 1.79. The van der Waals surface area contributed by atoms with E-state index in [1.807, 2.05) is 69.0 Å². The van der Waals surface area contributed by atoms with Gasteiger partial charge in [-0.1, -0.05) is 18.2 Å². The molecule has 0 aromatic heterocycles. The summed E-state index contributed by atoms with van der Waals surface area (Å²) in [6.07, 6.45) is 1.36. The summed E-state index contributed by atoms with van der Waals surface area (Å²) in [6.45, 7) is 10.6. The predicted octanol–water partition coefficient (Wildman–Crippen LogP) is 7.03. The van der Waals surface area contributed by atoms with Gasteiger partial charge in [-0.3, -0.25) is 4.79 Å². The number of hydrogen-bond acceptors (Lipinski definition) is 5. The second-order valence-electron chi connectivity index (χ2n) is 8.96. The number of amides is 1. The van der Waals surface area contributed by atoms with Crippen molar-refractivity contribution in [2.24, 2.45) is 0 Å². The van der Waals surface area contributed by atoms with Gasteiger partial charge in [-0.15, -0.1) is 0 Å². The standard InChI is InChI=1S/C31H36BrNO5/c1-5-35-27-14-13-21(18-28(27)36-6-2)17-26-24-20-30(38-8-4)29(37-7-3)19-22(24)15-16-33(26)31(34)23-11-9-10-12-25(23)32/h9-14,18-20,26H,5-8,15-17H2,1-4H3. The number of carbonyl (C=O) groups is 1. The third kappa shape index (κ3) is 6.09. The molecule has 0 radical (unpaired) electrons. The van der Waals surface area contributed by atoms with Crippen LogP contribution in [0.1, 0.15) is 60.8 Å². The first kappa shape index (κ1) is 27.8. The van der Waals surface area contributed by atoms with E-state index >= 15 is 0 Å². The zero-order valence-corrected chi connectivity index (χ0v) is 24.2. The van der Waals surface area contributed by atoms with Crippen LogP contribution in [0, 0.1) is 0 Å². The van der Waals surface area contributed by atoms with Crippen molar-refractivity contribution in [3.05, 3.63) is 81.3 Å². The van der Waals surface area contributed by atoms with Crippen molar-refractivity contribution in [3.8, 4) is 23.0 Å². The van der Waals surface area contributed by atoms with Gasteiger partial charge in [0.15, 0.2) is 23.0 Å². The third-order valence-corrected chi connectivity index (χ3v) is 7.26. The summed E-state index contributed by atoms with van der Waals surface area (Å²) in [5.41, 5.74) is 3.97. The molecule has 6 nitrogen and oxygen atoms in total. The number of ether oxygens (including phenoxy) is 4. The molecule has 0 saturated carbocycles. The molecule has 0 saturated heterocycles. The Morgan fingerprint density at radius 1 is 0.816 bits per heavy atom. The Kier molecular flexibility index (Phi) is 9.56. The first-order chi connectivity index (χ1) is 18.5. The van der Waals surface area contributed by atoms with E-state index in [2.05, 4.69) is 34.1 Å². The highest BCUT2D eigenvalue weighted by Gasteiger charge is 2.33. The Morgan fingerprint density at radius 2 is 1.42 bits per heavy atom. The number of benzene rings is 3. The van der Waals surface area contributed by atoms with Crippen molar-refractivity contribution in [3.63, 3.8) is 0 Å². The lowest BCUT2D eigenvalue weighted by molar-refractivity contribution is 0.0658. The average Bonchev–Trinajstić information content (AvgIpc) is 2.91. The molecule has 0 fully saturated rings. The minimum absolute atomic E-state index is 0.00376. The normalized spacial score (nSPS) is 14.6. The molecule has 1 heterocycles. The molecule has 1 amide bonds. The molecular weight excluding hydrogens is 546 g/mol. The second kappa shape index (κ2) is 13.1. The Morgan fingerprint density at radius 3 is 2.08 bits per heavy atom. The molecule has 3 aromatic rings. The summed E-state index contributed by atoms with van der Waals surface area (Å²) in [6, 6.07) is 17.6. The number of fused-ring (bicyclic) bond motifs is 1. The first-order valence-corrected chi connectivity index (χ1v) is 14.2. The van der Waals surface area contributed by atoms with E-state index in [1.54, 1.807) is 0 Å². The lowest BCUT2D eigenvalue weighted by Crippen LogP contribution is -2.41. The van der Waals surface area contributed by atoms with Gasteiger partial charge in [-0.2, -0.15) is 0 Å².